The molecule has 1 heterocycles. The Morgan fingerprint density at radius 1 is 1.06 bits per heavy atom. The number of rotatable bonds is 10. The summed E-state index contributed by atoms with van der Waals surface area (Å²) in [5, 5.41) is 0. The van der Waals surface area contributed by atoms with Gasteiger partial charge in [0.2, 0.25) is 11.8 Å². The summed E-state index contributed by atoms with van der Waals surface area (Å²) in [4.78, 5) is 29.9. The molecule has 3 rings (SSSR count). The lowest BCUT2D eigenvalue weighted by Crippen LogP contribution is -2.45. The van der Waals surface area contributed by atoms with Gasteiger partial charge in [-0.3, -0.25) is 9.59 Å². The van der Waals surface area contributed by atoms with Crippen LogP contribution in [0.3, 0.4) is 0 Å². The summed E-state index contributed by atoms with van der Waals surface area (Å²) in [6.07, 6.45) is 7.68. The highest BCUT2D eigenvalue weighted by molar-refractivity contribution is 5.86. The van der Waals surface area contributed by atoms with E-state index >= 15 is 0 Å². The Bertz CT molecular complexity index is 853. The van der Waals surface area contributed by atoms with Gasteiger partial charge in [0, 0.05) is 19.0 Å². The predicted molar refractivity (Wildman–Crippen MR) is 122 cm³/mol. The zero-order valence-electron chi connectivity index (χ0n) is 18.6. The third kappa shape index (κ3) is 6.84. The van der Waals surface area contributed by atoms with Gasteiger partial charge in [0.05, 0.1) is 6.54 Å². The van der Waals surface area contributed by atoms with Crippen molar-refractivity contribution in [1.29, 1.82) is 0 Å². The number of carbonyl (C=O) groups excluding carboxylic acids is 2. The third-order valence-electron chi connectivity index (χ3n) is 5.95. The fraction of sp³-hybridized carbons (Fsp3) is 0.462. The molecule has 0 saturated heterocycles. The van der Waals surface area contributed by atoms with Crippen LogP contribution >= 0.6 is 0 Å². The van der Waals surface area contributed by atoms with E-state index in [0.29, 0.717) is 19.6 Å². The van der Waals surface area contributed by atoms with E-state index in [1.54, 1.807) is 15.9 Å². The highest BCUT2D eigenvalue weighted by atomic mass is 16.3. The predicted octanol–water partition coefficient (Wildman–Crippen LogP) is 4.75. The molecule has 1 saturated carbocycles. The van der Waals surface area contributed by atoms with Crippen molar-refractivity contribution in [3.8, 4) is 0 Å². The number of hydrogen-bond acceptors (Lipinski definition) is 3. The maximum Gasteiger partial charge on any atom is 0.242 e. The van der Waals surface area contributed by atoms with E-state index in [2.05, 4.69) is 18.7 Å². The van der Waals surface area contributed by atoms with Crippen LogP contribution < -0.4 is 0 Å². The first-order chi connectivity index (χ1) is 15.1. The van der Waals surface area contributed by atoms with Crippen molar-refractivity contribution in [2.75, 3.05) is 19.6 Å². The van der Waals surface area contributed by atoms with Gasteiger partial charge in [-0.2, -0.15) is 0 Å². The normalized spacial score (nSPS) is 14.2. The largest absolute Gasteiger partial charge is 0.464 e. The number of hydrogen-bond donors (Lipinski definition) is 0. The lowest BCUT2D eigenvalue weighted by atomic mass is 9.88. The molecular formula is C26H34N2O3. The first-order valence-corrected chi connectivity index (χ1v) is 11.3. The molecule has 0 radical (unpaired) electrons. The SMILES string of the molecule is C=CCN(CC(=O)N(CCc1ccccc1)Cc1ccc(C)o1)C(=O)C1CCCCC1. The minimum Gasteiger partial charge on any atom is -0.464 e. The van der Waals surface area contributed by atoms with Gasteiger partial charge >= 0.3 is 0 Å². The molecule has 1 aromatic heterocycles. The number of carbonyl (C=O) groups is 2. The fourth-order valence-corrected chi connectivity index (χ4v) is 4.22. The zero-order valence-corrected chi connectivity index (χ0v) is 18.6. The monoisotopic (exact) mass is 422 g/mol. The average molecular weight is 423 g/mol. The molecule has 0 spiro atoms. The molecule has 0 bridgehead atoms. The van der Waals surface area contributed by atoms with Crippen LogP contribution in [0.25, 0.3) is 0 Å². The van der Waals surface area contributed by atoms with E-state index in [4.69, 9.17) is 4.42 Å². The number of benzene rings is 1. The molecule has 1 aliphatic carbocycles. The second kappa shape index (κ2) is 11.5. The summed E-state index contributed by atoms with van der Waals surface area (Å²) in [6.45, 7) is 7.14. The Balaban J connectivity index is 1.69. The fourth-order valence-electron chi connectivity index (χ4n) is 4.22. The van der Waals surface area contributed by atoms with Crippen molar-refractivity contribution in [3.63, 3.8) is 0 Å². The molecule has 5 heteroatoms. The molecule has 1 aromatic carbocycles. The van der Waals surface area contributed by atoms with E-state index in [1.165, 1.54) is 12.0 Å². The topological polar surface area (TPSA) is 53.8 Å². The van der Waals surface area contributed by atoms with Crippen molar-refractivity contribution in [1.82, 2.24) is 9.80 Å². The molecule has 2 aromatic rings. The average Bonchev–Trinajstić information content (AvgIpc) is 3.21. The van der Waals surface area contributed by atoms with Crippen LogP contribution in [0.4, 0.5) is 0 Å². The summed E-state index contributed by atoms with van der Waals surface area (Å²) >= 11 is 0. The summed E-state index contributed by atoms with van der Waals surface area (Å²) in [6, 6.07) is 13.9. The van der Waals surface area contributed by atoms with Gasteiger partial charge in [0.1, 0.15) is 18.1 Å². The number of aryl methyl sites for hydroxylation is 1. The molecule has 31 heavy (non-hydrogen) atoms. The minimum absolute atomic E-state index is 0.0343. The van der Waals surface area contributed by atoms with E-state index in [-0.39, 0.29) is 24.3 Å². The Morgan fingerprint density at radius 2 is 1.81 bits per heavy atom. The van der Waals surface area contributed by atoms with Gasteiger partial charge in [-0.25, -0.2) is 0 Å². The highest BCUT2D eigenvalue weighted by Gasteiger charge is 2.28. The maximum absolute atomic E-state index is 13.3. The molecule has 1 fully saturated rings. The summed E-state index contributed by atoms with van der Waals surface area (Å²) < 4.78 is 5.72. The van der Waals surface area contributed by atoms with Crippen LogP contribution in [0.15, 0.2) is 59.5 Å². The molecule has 166 valence electrons. The molecule has 0 N–H and O–H groups in total. The van der Waals surface area contributed by atoms with Crippen molar-refractivity contribution >= 4 is 11.8 Å². The van der Waals surface area contributed by atoms with Crippen molar-refractivity contribution in [2.45, 2.75) is 52.0 Å². The van der Waals surface area contributed by atoms with Gasteiger partial charge in [0.15, 0.2) is 0 Å². The molecular weight excluding hydrogens is 388 g/mol. The van der Waals surface area contributed by atoms with Crippen LogP contribution in [0.5, 0.6) is 0 Å². The lowest BCUT2D eigenvalue weighted by molar-refractivity contribution is -0.143. The van der Waals surface area contributed by atoms with Gasteiger partial charge in [-0.05, 0) is 43.9 Å². The summed E-state index contributed by atoms with van der Waals surface area (Å²) in [5.41, 5.74) is 1.18. The van der Waals surface area contributed by atoms with E-state index < -0.39 is 0 Å². The zero-order chi connectivity index (χ0) is 22.1. The standard InChI is InChI=1S/C26H34N2O3/c1-3-17-28(26(30)23-12-8-5-9-13-23)20-25(29)27(19-24-15-14-21(2)31-24)18-16-22-10-6-4-7-11-22/h3-4,6-7,10-11,14-15,23H,1,5,8-9,12-13,16-20H2,2H3. The second-order valence-corrected chi connectivity index (χ2v) is 8.41. The first-order valence-electron chi connectivity index (χ1n) is 11.3. The number of amides is 2. The molecule has 5 nitrogen and oxygen atoms in total. The van der Waals surface area contributed by atoms with Gasteiger partial charge in [0.25, 0.3) is 0 Å². The Morgan fingerprint density at radius 3 is 2.45 bits per heavy atom. The van der Waals surface area contributed by atoms with Gasteiger partial charge in [-0.15, -0.1) is 6.58 Å². The Labute approximate surface area is 185 Å². The van der Waals surface area contributed by atoms with Gasteiger partial charge < -0.3 is 14.2 Å². The van der Waals surface area contributed by atoms with E-state index in [9.17, 15) is 9.59 Å². The van der Waals surface area contributed by atoms with Crippen LogP contribution in [-0.4, -0.2) is 41.2 Å². The summed E-state index contributed by atoms with van der Waals surface area (Å²) in [7, 11) is 0. The lowest BCUT2D eigenvalue weighted by Gasteiger charge is -2.30. The van der Waals surface area contributed by atoms with E-state index in [0.717, 1.165) is 43.6 Å². The Kier molecular flexibility index (Phi) is 8.51. The number of nitrogens with zero attached hydrogens (tertiary/aromatic N) is 2. The first kappa shape index (κ1) is 22.9. The van der Waals surface area contributed by atoms with Crippen molar-refractivity contribution in [3.05, 3.63) is 72.2 Å². The molecule has 2 amide bonds. The molecule has 0 atom stereocenters. The van der Waals surface area contributed by atoms with Crippen LogP contribution in [0.2, 0.25) is 0 Å². The third-order valence-corrected chi connectivity index (χ3v) is 5.95. The van der Waals surface area contributed by atoms with Crippen LogP contribution in [-0.2, 0) is 22.6 Å². The van der Waals surface area contributed by atoms with Gasteiger partial charge in [-0.1, -0.05) is 55.7 Å². The Hall–Kier alpha value is -2.82. The smallest absolute Gasteiger partial charge is 0.242 e. The number of furan rings is 1. The molecule has 0 unspecified atom stereocenters. The van der Waals surface area contributed by atoms with Crippen molar-refractivity contribution in [2.24, 2.45) is 5.92 Å². The van der Waals surface area contributed by atoms with Crippen LogP contribution in [0, 0.1) is 12.8 Å². The molecule has 0 aliphatic heterocycles. The highest BCUT2D eigenvalue weighted by Crippen LogP contribution is 2.25. The maximum atomic E-state index is 13.3. The molecule has 1 aliphatic rings. The van der Waals surface area contributed by atoms with E-state index in [1.807, 2.05) is 37.3 Å². The van der Waals surface area contributed by atoms with Crippen LogP contribution in [0.1, 0.15) is 49.2 Å². The van der Waals surface area contributed by atoms with Crippen molar-refractivity contribution < 1.29 is 14.0 Å². The quantitative estimate of drug-likeness (QED) is 0.519. The summed E-state index contributed by atoms with van der Waals surface area (Å²) in [5.74, 6) is 1.65. The second-order valence-electron chi connectivity index (χ2n) is 8.41. The minimum atomic E-state index is -0.0593.